The van der Waals surface area contributed by atoms with Crippen molar-refractivity contribution in [1.29, 1.82) is 0 Å². The van der Waals surface area contributed by atoms with Gasteiger partial charge >= 0.3 is 0 Å². The Bertz CT molecular complexity index is 448. The molecule has 2 bridgehead atoms. The first-order chi connectivity index (χ1) is 9.72. The Hall–Kier alpha value is -1.40. The molecule has 0 aliphatic carbocycles. The fourth-order valence-corrected chi connectivity index (χ4v) is 3.17. The number of carbonyl (C=O) groups is 1. The Kier molecular flexibility index (Phi) is 4.03. The molecule has 1 aromatic rings. The number of rotatable bonds is 3. The highest BCUT2D eigenvalue weighted by molar-refractivity contribution is 5.76. The van der Waals surface area contributed by atoms with Crippen LogP contribution in [0.2, 0.25) is 0 Å². The Morgan fingerprint density at radius 1 is 1.35 bits per heavy atom. The van der Waals surface area contributed by atoms with Crippen molar-refractivity contribution >= 4 is 5.91 Å². The molecule has 1 aromatic heterocycles. The maximum atomic E-state index is 12.5. The van der Waals surface area contributed by atoms with Gasteiger partial charge in [-0.15, -0.1) is 0 Å². The Labute approximate surface area is 119 Å². The lowest BCUT2D eigenvalue weighted by molar-refractivity contribution is -0.134. The average molecular weight is 278 g/mol. The van der Waals surface area contributed by atoms with Crippen LogP contribution < -0.4 is 0 Å². The summed E-state index contributed by atoms with van der Waals surface area (Å²) in [6, 6.07) is 2.07. The summed E-state index contributed by atoms with van der Waals surface area (Å²) in [6.07, 6.45) is 4.14. The summed E-state index contributed by atoms with van der Waals surface area (Å²) in [5.74, 6) is 0.650. The number of hydrogen-bond acceptors (Lipinski definition) is 4. The topological polar surface area (TPSA) is 50.6 Å². The third-order valence-corrected chi connectivity index (χ3v) is 4.09. The second-order valence-corrected chi connectivity index (χ2v) is 5.84. The van der Waals surface area contributed by atoms with Crippen LogP contribution in [0.5, 0.6) is 0 Å². The Balaban J connectivity index is 1.64. The van der Waals surface area contributed by atoms with Gasteiger partial charge in [0, 0.05) is 50.9 Å². The number of ether oxygens (including phenoxy) is 1. The van der Waals surface area contributed by atoms with E-state index in [0.717, 1.165) is 26.2 Å². The van der Waals surface area contributed by atoms with Gasteiger partial charge in [-0.2, -0.15) is 5.10 Å². The zero-order valence-corrected chi connectivity index (χ0v) is 11.9. The number of fused-ring (bicyclic) bond motifs is 3. The van der Waals surface area contributed by atoms with E-state index in [2.05, 4.69) is 17.0 Å². The third-order valence-electron chi connectivity index (χ3n) is 4.09. The third kappa shape index (κ3) is 3.02. The van der Waals surface area contributed by atoms with E-state index in [4.69, 9.17) is 4.74 Å². The van der Waals surface area contributed by atoms with Crippen molar-refractivity contribution in [2.24, 2.45) is 5.92 Å². The number of aryl methyl sites for hydroxylation is 1. The van der Waals surface area contributed by atoms with Gasteiger partial charge in [-0.3, -0.25) is 9.48 Å². The molecule has 2 aliphatic heterocycles. The van der Waals surface area contributed by atoms with Crippen LogP contribution in [0.1, 0.15) is 6.42 Å². The molecule has 6 nitrogen and oxygen atoms in total. The van der Waals surface area contributed by atoms with Crippen LogP contribution in [-0.4, -0.2) is 71.4 Å². The SMILES string of the molecule is CN1C[C@@H]2COC[C@H](C1)N(C(=O)CCn1cccn1)C2. The summed E-state index contributed by atoms with van der Waals surface area (Å²) in [5, 5.41) is 4.14. The molecule has 3 heterocycles. The highest BCUT2D eigenvalue weighted by Crippen LogP contribution is 2.19. The van der Waals surface area contributed by atoms with Gasteiger partial charge in [0.1, 0.15) is 0 Å². The molecular weight excluding hydrogens is 256 g/mol. The van der Waals surface area contributed by atoms with Gasteiger partial charge in [0.05, 0.1) is 19.3 Å². The van der Waals surface area contributed by atoms with Crippen molar-refractivity contribution < 1.29 is 9.53 Å². The molecule has 20 heavy (non-hydrogen) atoms. The number of hydrogen-bond donors (Lipinski definition) is 0. The van der Waals surface area contributed by atoms with E-state index in [1.165, 1.54) is 0 Å². The Morgan fingerprint density at radius 3 is 3.05 bits per heavy atom. The van der Waals surface area contributed by atoms with E-state index in [1.54, 1.807) is 6.20 Å². The van der Waals surface area contributed by atoms with Crippen LogP contribution in [0.15, 0.2) is 18.5 Å². The molecule has 0 N–H and O–H groups in total. The Morgan fingerprint density at radius 2 is 2.25 bits per heavy atom. The van der Waals surface area contributed by atoms with Crippen LogP contribution in [0.4, 0.5) is 0 Å². The van der Waals surface area contributed by atoms with Gasteiger partial charge in [0.15, 0.2) is 0 Å². The molecule has 0 unspecified atom stereocenters. The molecule has 110 valence electrons. The van der Waals surface area contributed by atoms with Crippen LogP contribution in [-0.2, 0) is 16.1 Å². The van der Waals surface area contributed by atoms with Crippen molar-refractivity contribution in [3.8, 4) is 0 Å². The fourth-order valence-electron chi connectivity index (χ4n) is 3.17. The van der Waals surface area contributed by atoms with E-state index >= 15 is 0 Å². The lowest BCUT2D eigenvalue weighted by Crippen LogP contribution is -2.46. The second kappa shape index (κ2) is 5.93. The molecule has 1 amide bonds. The summed E-state index contributed by atoms with van der Waals surface area (Å²) in [5.41, 5.74) is 0. The maximum absolute atomic E-state index is 12.5. The molecule has 2 saturated heterocycles. The lowest BCUT2D eigenvalue weighted by Gasteiger charge is -2.29. The summed E-state index contributed by atoms with van der Waals surface area (Å²) in [7, 11) is 2.13. The highest BCUT2D eigenvalue weighted by atomic mass is 16.5. The van der Waals surface area contributed by atoms with E-state index in [-0.39, 0.29) is 11.9 Å². The second-order valence-electron chi connectivity index (χ2n) is 5.84. The lowest BCUT2D eigenvalue weighted by atomic mass is 10.1. The zero-order chi connectivity index (χ0) is 13.9. The average Bonchev–Trinajstić information content (AvgIpc) is 2.78. The zero-order valence-electron chi connectivity index (χ0n) is 11.9. The minimum atomic E-state index is 0.192. The quantitative estimate of drug-likeness (QED) is 0.785. The van der Waals surface area contributed by atoms with E-state index in [0.29, 0.717) is 25.5 Å². The van der Waals surface area contributed by atoms with Gasteiger partial charge in [-0.1, -0.05) is 0 Å². The van der Waals surface area contributed by atoms with Gasteiger partial charge in [-0.05, 0) is 13.1 Å². The first kappa shape index (κ1) is 13.6. The molecule has 6 heteroatoms. The molecule has 0 aromatic carbocycles. The van der Waals surface area contributed by atoms with Crippen molar-refractivity contribution in [1.82, 2.24) is 19.6 Å². The van der Waals surface area contributed by atoms with Crippen molar-refractivity contribution in [2.75, 3.05) is 39.9 Å². The van der Waals surface area contributed by atoms with Gasteiger partial charge in [0.2, 0.25) is 5.91 Å². The molecule has 0 spiro atoms. The van der Waals surface area contributed by atoms with E-state index in [9.17, 15) is 4.79 Å². The summed E-state index contributed by atoms with van der Waals surface area (Å²) >= 11 is 0. The van der Waals surface area contributed by atoms with Crippen molar-refractivity contribution in [2.45, 2.75) is 19.0 Å². The molecule has 0 saturated carbocycles. The number of aromatic nitrogens is 2. The maximum Gasteiger partial charge on any atom is 0.224 e. The number of amides is 1. The first-order valence-electron chi connectivity index (χ1n) is 7.25. The molecule has 2 fully saturated rings. The van der Waals surface area contributed by atoms with Crippen LogP contribution >= 0.6 is 0 Å². The largest absolute Gasteiger partial charge is 0.379 e. The first-order valence-corrected chi connectivity index (χ1v) is 7.25. The van der Waals surface area contributed by atoms with Crippen molar-refractivity contribution in [3.63, 3.8) is 0 Å². The molecule has 2 aliphatic rings. The highest BCUT2D eigenvalue weighted by Gasteiger charge is 2.34. The normalized spacial score (nSPS) is 27.4. The smallest absolute Gasteiger partial charge is 0.224 e. The van der Waals surface area contributed by atoms with E-state index < -0.39 is 0 Å². The number of likely N-dealkylation sites (N-methyl/N-ethyl adjacent to an activating group) is 1. The minimum absolute atomic E-state index is 0.192. The minimum Gasteiger partial charge on any atom is -0.379 e. The van der Waals surface area contributed by atoms with Crippen LogP contribution in [0.25, 0.3) is 0 Å². The standard InChI is InChI=1S/C14H22N4O2/c1-16-7-12-8-18(13(9-16)11-20-10-12)14(19)3-6-17-5-2-4-15-17/h2,4-5,12-13H,3,6-11H2,1H3/t12-,13-/m0/s1. The predicted octanol–water partition coefficient (Wildman–Crippen LogP) is 0.0622. The van der Waals surface area contributed by atoms with Crippen LogP contribution in [0.3, 0.4) is 0 Å². The van der Waals surface area contributed by atoms with E-state index in [1.807, 2.05) is 21.8 Å². The molecule has 0 radical (unpaired) electrons. The summed E-state index contributed by atoms with van der Waals surface area (Å²) in [4.78, 5) is 16.9. The van der Waals surface area contributed by atoms with Crippen molar-refractivity contribution in [3.05, 3.63) is 18.5 Å². The van der Waals surface area contributed by atoms with Gasteiger partial charge < -0.3 is 14.5 Å². The summed E-state index contributed by atoms with van der Waals surface area (Å²) < 4.78 is 7.51. The number of carbonyl (C=O) groups excluding carboxylic acids is 1. The molecule has 3 rings (SSSR count). The van der Waals surface area contributed by atoms with Crippen LogP contribution in [0, 0.1) is 5.92 Å². The molecule has 2 atom stereocenters. The van der Waals surface area contributed by atoms with Gasteiger partial charge in [0.25, 0.3) is 0 Å². The fraction of sp³-hybridized carbons (Fsp3) is 0.714. The predicted molar refractivity (Wildman–Crippen MR) is 74.2 cm³/mol. The monoisotopic (exact) mass is 278 g/mol. The summed E-state index contributed by atoms with van der Waals surface area (Å²) in [6.45, 7) is 4.82. The number of nitrogens with zero attached hydrogens (tertiary/aromatic N) is 4. The molecular formula is C14H22N4O2. The van der Waals surface area contributed by atoms with Gasteiger partial charge in [-0.25, -0.2) is 0 Å².